The van der Waals surface area contributed by atoms with E-state index in [0.29, 0.717) is 21.0 Å². The van der Waals surface area contributed by atoms with Crippen LogP contribution in [-0.2, 0) is 0 Å². The lowest BCUT2D eigenvalue weighted by atomic mass is 10.1. The minimum Gasteiger partial charge on any atom is -0.384 e. The monoisotopic (exact) mass is 300 g/mol. The molecule has 0 aliphatic rings. The summed E-state index contributed by atoms with van der Waals surface area (Å²) in [6, 6.07) is 7.52. The Hall–Kier alpha value is -1.13. The Morgan fingerprint density at radius 1 is 1.25 bits per heavy atom. The Balaban J connectivity index is 2.59. The highest BCUT2D eigenvalue weighted by atomic mass is 79.9. The van der Waals surface area contributed by atoms with Gasteiger partial charge in [0.1, 0.15) is 11.6 Å². The average molecular weight is 302 g/mol. The van der Waals surface area contributed by atoms with Crippen molar-refractivity contribution in [1.29, 1.82) is 0 Å². The molecule has 0 fully saturated rings. The van der Waals surface area contributed by atoms with E-state index in [0.717, 1.165) is 5.56 Å². The normalized spacial score (nSPS) is 10.4. The highest BCUT2D eigenvalue weighted by Gasteiger charge is 2.09. The van der Waals surface area contributed by atoms with Crippen LogP contribution >= 0.6 is 27.5 Å². The van der Waals surface area contributed by atoms with Gasteiger partial charge in [-0.1, -0.05) is 11.6 Å². The van der Waals surface area contributed by atoms with Gasteiger partial charge in [0, 0.05) is 11.6 Å². The van der Waals surface area contributed by atoms with Crippen LogP contribution in [0.2, 0.25) is 5.02 Å². The van der Waals surface area contributed by atoms with E-state index in [4.69, 9.17) is 17.3 Å². The lowest BCUT2D eigenvalue weighted by Crippen LogP contribution is -1.94. The second-order valence-electron chi connectivity index (χ2n) is 3.20. The molecule has 0 unspecified atom stereocenters. The molecule has 2 aromatic rings. The van der Waals surface area contributed by atoms with Gasteiger partial charge >= 0.3 is 0 Å². The number of benzene rings is 1. The van der Waals surface area contributed by atoms with E-state index in [9.17, 15) is 4.39 Å². The molecule has 2 rings (SSSR count). The molecule has 1 aromatic heterocycles. The predicted octanol–water partition coefficient (Wildman–Crippen LogP) is 3.89. The molecule has 0 radical (unpaired) electrons. The first kappa shape index (κ1) is 11.4. The highest BCUT2D eigenvalue weighted by Crippen LogP contribution is 2.33. The number of hydrogen-bond donors (Lipinski definition) is 1. The first-order valence-electron chi connectivity index (χ1n) is 4.45. The summed E-state index contributed by atoms with van der Waals surface area (Å²) in [7, 11) is 0. The lowest BCUT2D eigenvalue weighted by Gasteiger charge is -2.06. The largest absolute Gasteiger partial charge is 0.384 e. The van der Waals surface area contributed by atoms with Gasteiger partial charge in [-0.15, -0.1) is 0 Å². The molecule has 0 amide bonds. The van der Waals surface area contributed by atoms with E-state index < -0.39 is 0 Å². The minimum atomic E-state index is -0.296. The fourth-order valence-electron chi connectivity index (χ4n) is 1.32. The van der Waals surface area contributed by atoms with Crippen LogP contribution in [-0.4, -0.2) is 4.98 Å². The molecule has 5 heteroatoms. The molecule has 0 atom stereocenters. The van der Waals surface area contributed by atoms with Gasteiger partial charge in [-0.3, -0.25) is 0 Å². The average Bonchev–Trinajstić information content (AvgIpc) is 2.25. The molecule has 0 aliphatic carbocycles. The molecule has 82 valence electrons. The van der Waals surface area contributed by atoms with Crippen LogP contribution in [0.25, 0.3) is 11.3 Å². The summed E-state index contributed by atoms with van der Waals surface area (Å²) in [6.07, 6.45) is 0. The third-order valence-electron chi connectivity index (χ3n) is 2.05. The van der Waals surface area contributed by atoms with Crippen molar-refractivity contribution in [3.63, 3.8) is 0 Å². The Morgan fingerprint density at radius 2 is 1.88 bits per heavy atom. The van der Waals surface area contributed by atoms with Crippen molar-refractivity contribution in [2.45, 2.75) is 0 Å². The second kappa shape index (κ2) is 4.39. The number of hydrogen-bond acceptors (Lipinski definition) is 2. The van der Waals surface area contributed by atoms with Gasteiger partial charge in [0.25, 0.3) is 0 Å². The molecular weight excluding hydrogens is 294 g/mol. The number of pyridine rings is 1. The van der Waals surface area contributed by atoms with E-state index in [1.165, 1.54) is 12.1 Å². The number of nitrogens with zero attached hydrogens (tertiary/aromatic N) is 1. The van der Waals surface area contributed by atoms with Crippen molar-refractivity contribution in [3.8, 4) is 11.3 Å². The Morgan fingerprint density at radius 3 is 2.50 bits per heavy atom. The topological polar surface area (TPSA) is 38.9 Å². The molecule has 0 spiro atoms. The van der Waals surface area contributed by atoms with Gasteiger partial charge in [0.2, 0.25) is 0 Å². The van der Waals surface area contributed by atoms with Crippen LogP contribution < -0.4 is 5.73 Å². The number of aromatic nitrogens is 1. The zero-order chi connectivity index (χ0) is 11.7. The first-order valence-corrected chi connectivity index (χ1v) is 5.62. The van der Waals surface area contributed by atoms with Gasteiger partial charge in [0.05, 0.1) is 15.2 Å². The van der Waals surface area contributed by atoms with Crippen molar-refractivity contribution < 1.29 is 4.39 Å². The van der Waals surface area contributed by atoms with Crippen molar-refractivity contribution in [2.75, 3.05) is 5.73 Å². The molecule has 0 bridgehead atoms. The van der Waals surface area contributed by atoms with Crippen LogP contribution in [0, 0.1) is 5.82 Å². The van der Waals surface area contributed by atoms with Crippen molar-refractivity contribution >= 4 is 33.3 Å². The van der Waals surface area contributed by atoms with Gasteiger partial charge in [0.15, 0.2) is 0 Å². The fraction of sp³-hybridized carbons (Fsp3) is 0. The minimum absolute atomic E-state index is 0.296. The van der Waals surface area contributed by atoms with Crippen molar-refractivity contribution in [3.05, 3.63) is 45.6 Å². The summed E-state index contributed by atoms with van der Waals surface area (Å²) in [5, 5.41) is 0.479. The van der Waals surface area contributed by atoms with Crippen molar-refractivity contribution in [2.24, 2.45) is 0 Å². The highest BCUT2D eigenvalue weighted by molar-refractivity contribution is 9.10. The Bertz CT molecular complexity index is 528. The summed E-state index contributed by atoms with van der Waals surface area (Å²) in [4.78, 5) is 4.16. The maximum atomic E-state index is 12.8. The van der Waals surface area contributed by atoms with Crippen LogP contribution in [0.1, 0.15) is 0 Å². The van der Waals surface area contributed by atoms with Crippen LogP contribution in [0.15, 0.2) is 34.8 Å². The number of anilines is 1. The molecule has 1 aromatic carbocycles. The van der Waals surface area contributed by atoms with Crippen LogP contribution in [0.5, 0.6) is 0 Å². The number of nitrogen functional groups attached to an aromatic ring is 1. The molecule has 1 heterocycles. The fourth-order valence-corrected chi connectivity index (χ4v) is 1.95. The summed E-state index contributed by atoms with van der Waals surface area (Å²) in [5.41, 5.74) is 6.96. The summed E-state index contributed by atoms with van der Waals surface area (Å²) < 4.78 is 13.4. The first-order chi connectivity index (χ1) is 7.58. The number of halogens is 3. The van der Waals surface area contributed by atoms with E-state index in [-0.39, 0.29) is 5.82 Å². The van der Waals surface area contributed by atoms with Crippen molar-refractivity contribution in [1.82, 2.24) is 4.98 Å². The molecular formula is C11H7BrClFN2. The van der Waals surface area contributed by atoms with Gasteiger partial charge < -0.3 is 5.73 Å². The third-order valence-corrected chi connectivity index (χ3v) is 3.38. The summed E-state index contributed by atoms with van der Waals surface area (Å²) in [5.74, 6) is 0.0300. The maximum Gasteiger partial charge on any atom is 0.125 e. The van der Waals surface area contributed by atoms with E-state index in [1.54, 1.807) is 18.2 Å². The number of rotatable bonds is 1. The number of nitrogens with two attached hydrogens (primary N) is 1. The molecule has 2 N–H and O–H groups in total. The van der Waals surface area contributed by atoms with E-state index in [1.807, 2.05) is 0 Å². The lowest BCUT2D eigenvalue weighted by molar-refractivity contribution is 0.628. The van der Waals surface area contributed by atoms with E-state index >= 15 is 0 Å². The maximum absolute atomic E-state index is 12.8. The summed E-state index contributed by atoms with van der Waals surface area (Å²) >= 11 is 9.29. The smallest absolute Gasteiger partial charge is 0.125 e. The standard InChI is InChI=1S/C11H7BrClFN2/c12-10-8(13)5-9(15)16-11(10)6-1-3-7(14)4-2-6/h1-5H,(H2,15,16). The molecule has 2 nitrogen and oxygen atoms in total. The molecule has 0 saturated heterocycles. The van der Waals surface area contributed by atoms with Gasteiger partial charge in [-0.2, -0.15) is 0 Å². The molecule has 16 heavy (non-hydrogen) atoms. The third kappa shape index (κ3) is 2.18. The quantitative estimate of drug-likeness (QED) is 0.868. The summed E-state index contributed by atoms with van der Waals surface area (Å²) in [6.45, 7) is 0. The van der Waals surface area contributed by atoms with Crippen LogP contribution in [0.4, 0.5) is 10.2 Å². The predicted molar refractivity (Wildman–Crippen MR) is 66.8 cm³/mol. The van der Waals surface area contributed by atoms with Gasteiger partial charge in [-0.25, -0.2) is 9.37 Å². The van der Waals surface area contributed by atoms with Crippen LogP contribution in [0.3, 0.4) is 0 Å². The zero-order valence-electron chi connectivity index (χ0n) is 8.05. The molecule has 0 saturated carbocycles. The zero-order valence-corrected chi connectivity index (χ0v) is 10.4. The Kier molecular flexibility index (Phi) is 3.12. The Labute approximate surface area is 105 Å². The van der Waals surface area contributed by atoms with Gasteiger partial charge in [-0.05, 0) is 40.2 Å². The molecule has 0 aliphatic heterocycles. The van der Waals surface area contributed by atoms with E-state index in [2.05, 4.69) is 20.9 Å². The SMILES string of the molecule is Nc1cc(Cl)c(Br)c(-c2ccc(F)cc2)n1. The second-order valence-corrected chi connectivity index (χ2v) is 4.40.